The third-order valence-corrected chi connectivity index (χ3v) is 3.04. The van der Waals surface area contributed by atoms with Crippen molar-refractivity contribution < 1.29 is 9.47 Å². The summed E-state index contributed by atoms with van der Waals surface area (Å²) in [4.78, 5) is 4.25. The Labute approximate surface area is 96.6 Å². The van der Waals surface area contributed by atoms with Gasteiger partial charge < -0.3 is 15.2 Å². The highest BCUT2D eigenvalue weighted by Crippen LogP contribution is 2.40. The third kappa shape index (κ3) is 1.49. The fourth-order valence-corrected chi connectivity index (χ4v) is 2.25. The van der Waals surface area contributed by atoms with Gasteiger partial charge in [-0.3, -0.25) is 0 Å². The van der Waals surface area contributed by atoms with Crippen molar-refractivity contribution in [2.24, 2.45) is 0 Å². The van der Waals surface area contributed by atoms with Gasteiger partial charge in [0.15, 0.2) is 16.6 Å². The molecule has 0 saturated carbocycles. The third-order valence-electron chi connectivity index (χ3n) is 2.36. The molecule has 2 heterocycles. The highest BCUT2D eigenvalue weighted by atomic mass is 32.1. The van der Waals surface area contributed by atoms with E-state index in [1.165, 1.54) is 11.3 Å². The molecule has 82 valence electrons. The quantitative estimate of drug-likeness (QED) is 0.821. The number of hydrogen-bond donors (Lipinski definition) is 1. The van der Waals surface area contributed by atoms with E-state index in [0.717, 1.165) is 22.8 Å². The van der Waals surface area contributed by atoms with E-state index < -0.39 is 0 Å². The maximum absolute atomic E-state index is 5.63. The van der Waals surface area contributed by atoms with Gasteiger partial charge in [-0.2, -0.15) is 0 Å². The Morgan fingerprint density at radius 2 is 2.12 bits per heavy atom. The van der Waals surface area contributed by atoms with E-state index in [9.17, 15) is 0 Å². The normalized spacial score (nSPS) is 13.8. The van der Waals surface area contributed by atoms with Crippen molar-refractivity contribution in [1.82, 2.24) is 4.98 Å². The molecule has 5 heteroatoms. The van der Waals surface area contributed by atoms with E-state index in [1.54, 1.807) is 0 Å². The molecule has 2 aromatic rings. The molecule has 4 nitrogen and oxygen atoms in total. The topological polar surface area (TPSA) is 57.4 Å². The predicted molar refractivity (Wildman–Crippen MR) is 63.0 cm³/mol. The Bertz CT molecular complexity index is 524. The number of fused-ring (bicyclic) bond motifs is 1. The number of nitrogens with zero attached hydrogens (tertiary/aromatic N) is 1. The summed E-state index contributed by atoms with van der Waals surface area (Å²) < 4.78 is 11.1. The summed E-state index contributed by atoms with van der Waals surface area (Å²) in [6.07, 6.45) is 0. The van der Waals surface area contributed by atoms with Gasteiger partial charge in [0, 0.05) is 10.9 Å². The Hall–Kier alpha value is -1.75. The van der Waals surface area contributed by atoms with Crippen LogP contribution in [-0.2, 0) is 0 Å². The molecule has 1 aromatic heterocycles. The number of ether oxygens (including phenoxy) is 2. The molecule has 0 aliphatic carbocycles. The highest BCUT2D eigenvalue weighted by molar-refractivity contribution is 7.13. The number of rotatable bonds is 1. The molecule has 0 radical (unpaired) electrons. The number of para-hydroxylation sites is 1. The van der Waals surface area contributed by atoms with Crippen LogP contribution in [0.3, 0.4) is 0 Å². The molecule has 1 aliphatic rings. The molecular formula is C11H10N2O2S. The van der Waals surface area contributed by atoms with Crippen molar-refractivity contribution in [3.63, 3.8) is 0 Å². The second-order valence-electron chi connectivity index (χ2n) is 3.40. The molecule has 1 aromatic carbocycles. The van der Waals surface area contributed by atoms with Gasteiger partial charge in [0.1, 0.15) is 13.2 Å². The lowest BCUT2D eigenvalue weighted by Gasteiger charge is -2.20. The molecule has 0 atom stereocenters. The number of anilines is 1. The minimum absolute atomic E-state index is 0.560. The van der Waals surface area contributed by atoms with Crippen molar-refractivity contribution in [2.75, 3.05) is 18.9 Å². The molecule has 0 fully saturated rings. The summed E-state index contributed by atoms with van der Waals surface area (Å²) >= 11 is 1.42. The molecule has 16 heavy (non-hydrogen) atoms. The molecule has 3 rings (SSSR count). The largest absolute Gasteiger partial charge is 0.486 e. The minimum atomic E-state index is 0.560. The van der Waals surface area contributed by atoms with Crippen LogP contribution in [0.15, 0.2) is 23.6 Å². The van der Waals surface area contributed by atoms with Crippen molar-refractivity contribution in [1.29, 1.82) is 0 Å². The molecular weight excluding hydrogens is 224 g/mol. The van der Waals surface area contributed by atoms with Crippen molar-refractivity contribution in [3.8, 4) is 22.8 Å². The summed E-state index contributed by atoms with van der Waals surface area (Å²) in [6.45, 7) is 1.17. The molecule has 2 N–H and O–H groups in total. The summed E-state index contributed by atoms with van der Waals surface area (Å²) in [5.74, 6) is 1.54. The second-order valence-corrected chi connectivity index (χ2v) is 4.29. The lowest BCUT2D eigenvalue weighted by Crippen LogP contribution is -2.15. The van der Waals surface area contributed by atoms with Crippen LogP contribution in [0.25, 0.3) is 11.3 Å². The lowest BCUT2D eigenvalue weighted by molar-refractivity contribution is 0.172. The van der Waals surface area contributed by atoms with E-state index >= 15 is 0 Å². The zero-order chi connectivity index (χ0) is 11.0. The maximum Gasteiger partial charge on any atom is 0.180 e. The summed E-state index contributed by atoms with van der Waals surface area (Å²) in [7, 11) is 0. The van der Waals surface area contributed by atoms with E-state index in [2.05, 4.69) is 4.98 Å². The van der Waals surface area contributed by atoms with E-state index in [4.69, 9.17) is 15.2 Å². The van der Waals surface area contributed by atoms with Gasteiger partial charge >= 0.3 is 0 Å². The average Bonchev–Trinajstić information content (AvgIpc) is 2.75. The molecule has 1 aliphatic heterocycles. The van der Waals surface area contributed by atoms with Crippen molar-refractivity contribution in [3.05, 3.63) is 23.6 Å². The molecule has 0 spiro atoms. The first-order valence-electron chi connectivity index (χ1n) is 4.94. The van der Waals surface area contributed by atoms with E-state index in [-0.39, 0.29) is 0 Å². The monoisotopic (exact) mass is 234 g/mol. The van der Waals surface area contributed by atoms with Crippen LogP contribution in [0.2, 0.25) is 0 Å². The van der Waals surface area contributed by atoms with Gasteiger partial charge in [0.25, 0.3) is 0 Å². The van der Waals surface area contributed by atoms with Crippen LogP contribution >= 0.6 is 11.3 Å². The SMILES string of the molecule is Nc1nc(-c2cccc3c2OCCO3)cs1. The number of nitrogen functional groups attached to an aromatic ring is 1. The van der Waals surface area contributed by atoms with Gasteiger partial charge in [-0.15, -0.1) is 11.3 Å². The molecule has 0 bridgehead atoms. The summed E-state index contributed by atoms with van der Waals surface area (Å²) in [6, 6.07) is 5.79. The average molecular weight is 234 g/mol. The Kier molecular flexibility index (Phi) is 2.18. The van der Waals surface area contributed by atoms with Gasteiger partial charge in [-0.25, -0.2) is 4.98 Å². The zero-order valence-corrected chi connectivity index (χ0v) is 9.29. The van der Waals surface area contributed by atoms with Crippen molar-refractivity contribution in [2.45, 2.75) is 0 Å². The van der Waals surface area contributed by atoms with Gasteiger partial charge in [-0.1, -0.05) is 6.07 Å². The Balaban J connectivity index is 2.13. The van der Waals surface area contributed by atoms with E-state index in [0.29, 0.717) is 18.3 Å². The van der Waals surface area contributed by atoms with Crippen molar-refractivity contribution >= 4 is 16.5 Å². The molecule has 0 amide bonds. The van der Waals surface area contributed by atoms with Crippen LogP contribution in [0.4, 0.5) is 5.13 Å². The van der Waals surface area contributed by atoms with Crippen LogP contribution in [0.1, 0.15) is 0 Å². The Morgan fingerprint density at radius 1 is 1.25 bits per heavy atom. The maximum atomic E-state index is 5.63. The summed E-state index contributed by atoms with van der Waals surface area (Å²) in [5.41, 5.74) is 7.40. The van der Waals surface area contributed by atoms with Gasteiger partial charge in [-0.05, 0) is 12.1 Å². The first kappa shape index (κ1) is 9.47. The smallest absolute Gasteiger partial charge is 0.180 e. The number of nitrogens with two attached hydrogens (primary N) is 1. The van der Waals surface area contributed by atoms with Crippen LogP contribution in [0, 0.1) is 0 Å². The number of hydrogen-bond acceptors (Lipinski definition) is 5. The number of thiazole rings is 1. The highest BCUT2D eigenvalue weighted by Gasteiger charge is 2.17. The number of aromatic nitrogens is 1. The first-order valence-corrected chi connectivity index (χ1v) is 5.82. The minimum Gasteiger partial charge on any atom is -0.486 e. The Morgan fingerprint density at radius 3 is 2.94 bits per heavy atom. The van der Waals surface area contributed by atoms with E-state index in [1.807, 2.05) is 23.6 Å². The number of benzene rings is 1. The van der Waals surface area contributed by atoms with Gasteiger partial charge in [0.2, 0.25) is 0 Å². The zero-order valence-electron chi connectivity index (χ0n) is 8.47. The summed E-state index contributed by atoms with van der Waals surface area (Å²) in [5, 5.41) is 2.48. The second kappa shape index (κ2) is 3.68. The molecule has 0 unspecified atom stereocenters. The van der Waals surface area contributed by atoms with Crippen LogP contribution in [0.5, 0.6) is 11.5 Å². The molecule has 0 saturated heterocycles. The first-order chi connectivity index (χ1) is 7.84. The van der Waals surface area contributed by atoms with Crippen LogP contribution in [-0.4, -0.2) is 18.2 Å². The fraction of sp³-hybridized carbons (Fsp3) is 0.182. The predicted octanol–water partition coefficient (Wildman–Crippen LogP) is 2.16. The fourth-order valence-electron chi connectivity index (χ4n) is 1.69. The standard InChI is InChI=1S/C11H10N2O2S/c12-11-13-8(6-16-11)7-2-1-3-9-10(7)15-5-4-14-9/h1-3,6H,4-5H2,(H2,12,13). The lowest BCUT2D eigenvalue weighted by atomic mass is 10.1. The van der Waals surface area contributed by atoms with Crippen LogP contribution < -0.4 is 15.2 Å². The van der Waals surface area contributed by atoms with Gasteiger partial charge in [0.05, 0.1) is 5.69 Å².